The van der Waals surface area contributed by atoms with Crippen molar-refractivity contribution in [2.24, 2.45) is 0 Å². The highest BCUT2D eigenvalue weighted by atomic mass is 16.5. The molecule has 1 fully saturated rings. The predicted molar refractivity (Wildman–Crippen MR) is 141 cm³/mol. The number of carbonyl (C=O) groups excluding carboxylic acids is 1. The van der Waals surface area contributed by atoms with E-state index in [1.165, 1.54) is 24.9 Å². The van der Waals surface area contributed by atoms with Crippen LogP contribution in [0.5, 0.6) is 23.0 Å². The predicted octanol–water partition coefficient (Wildman–Crippen LogP) is 1.74. The second-order valence-electron chi connectivity index (χ2n) is 8.93. The summed E-state index contributed by atoms with van der Waals surface area (Å²) in [5, 5.41) is 3.11. The molecule has 0 unspecified atom stereocenters. The Morgan fingerprint density at radius 3 is 2.29 bits per heavy atom. The number of methoxy groups -OCH3 is 4. The molecule has 0 saturated carbocycles. The molecular formula is C27H33N3O8. The lowest BCUT2D eigenvalue weighted by Crippen LogP contribution is -2.44. The topological polar surface area (TPSA) is 119 Å². The van der Waals surface area contributed by atoms with Gasteiger partial charge in [-0.15, -0.1) is 0 Å². The molecule has 11 nitrogen and oxygen atoms in total. The molecule has 0 radical (unpaired) electrons. The normalized spacial score (nSPS) is 14.9. The monoisotopic (exact) mass is 527 g/mol. The maximum absolute atomic E-state index is 13.5. The Labute approximate surface area is 219 Å². The Morgan fingerprint density at radius 1 is 0.947 bits per heavy atom. The molecule has 0 bridgehead atoms. The van der Waals surface area contributed by atoms with Crippen LogP contribution in [0.2, 0.25) is 0 Å². The summed E-state index contributed by atoms with van der Waals surface area (Å²) >= 11 is 0. The quantitative estimate of drug-likeness (QED) is 0.401. The van der Waals surface area contributed by atoms with Crippen LogP contribution in [-0.4, -0.2) is 62.7 Å². The largest absolute Gasteiger partial charge is 0.493 e. The minimum atomic E-state index is -0.583. The van der Waals surface area contributed by atoms with Crippen LogP contribution in [0.4, 0.5) is 0 Å². The number of nitrogens with one attached hydrogen (secondary N) is 1. The lowest BCUT2D eigenvalue weighted by molar-refractivity contribution is -0.121. The molecule has 1 aromatic heterocycles. The van der Waals surface area contributed by atoms with Gasteiger partial charge >= 0.3 is 5.69 Å². The van der Waals surface area contributed by atoms with Gasteiger partial charge < -0.3 is 29.0 Å². The third-order valence-electron chi connectivity index (χ3n) is 6.63. The summed E-state index contributed by atoms with van der Waals surface area (Å²) in [6.45, 7) is 0.772. The van der Waals surface area contributed by atoms with E-state index in [4.69, 9.17) is 23.7 Å². The lowest BCUT2D eigenvalue weighted by Gasteiger charge is -2.18. The Morgan fingerprint density at radius 2 is 1.63 bits per heavy atom. The molecule has 2 heterocycles. The van der Waals surface area contributed by atoms with Crippen molar-refractivity contribution in [1.29, 1.82) is 0 Å². The van der Waals surface area contributed by atoms with Gasteiger partial charge in [-0.05, 0) is 43.0 Å². The molecule has 0 spiro atoms. The number of aromatic nitrogens is 2. The first-order chi connectivity index (χ1) is 18.4. The van der Waals surface area contributed by atoms with Gasteiger partial charge in [0.15, 0.2) is 23.0 Å². The fourth-order valence-electron chi connectivity index (χ4n) is 4.63. The maximum atomic E-state index is 13.5. The molecular weight excluding hydrogens is 494 g/mol. The van der Waals surface area contributed by atoms with Crippen molar-refractivity contribution in [1.82, 2.24) is 14.5 Å². The zero-order chi connectivity index (χ0) is 27.2. The molecule has 1 atom stereocenters. The van der Waals surface area contributed by atoms with Crippen molar-refractivity contribution < 1.29 is 28.5 Å². The second-order valence-corrected chi connectivity index (χ2v) is 8.93. The highest BCUT2D eigenvalue weighted by Gasteiger charge is 2.23. The summed E-state index contributed by atoms with van der Waals surface area (Å²) < 4.78 is 29.4. The van der Waals surface area contributed by atoms with Gasteiger partial charge in [0, 0.05) is 19.2 Å². The third-order valence-corrected chi connectivity index (χ3v) is 6.63. The fraction of sp³-hybridized carbons (Fsp3) is 0.444. The number of amides is 1. The van der Waals surface area contributed by atoms with Crippen molar-refractivity contribution in [3.8, 4) is 23.0 Å². The lowest BCUT2D eigenvalue weighted by atomic mass is 10.1. The van der Waals surface area contributed by atoms with E-state index in [1.54, 1.807) is 26.4 Å². The third kappa shape index (κ3) is 5.62. The van der Waals surface area contributed by atoms with Crippen LogP contribution in [-0.2, 0) is 29.0 Å². The van der Waals surface area contributed by atoms with Crippen molar-refractivity contribution in [3.05, 3.63) is 56.7 Å². The zero-order valence-electron chi connectivity index (χ0n) is 22.1. The molecule has 11 heteroatoms. The highest BCUT2D eigenvalue weighted by molar-refractivity contribution is 5.84. The standard InChI is InChI=1S/C27H33N3O8/c1-34-21-8-7-17(12-22(21)35-2)9-10-28-25(31)16-29-20-14-24(37-4)23(36-3)13-19(20)26(32)30(27(29)33)15-18-6-5-11-38-18/h7-8,12-14,18H,5-6,9-11,15-16H2,1-4H3,(H,28,31)/t18-/m0/s1. The van der Waals surface area contributed by atoms with E-state index in [1.807, 2.05) is 12.1 Å². The summed E-state index contributed by atoms with van der Waals surface area (Å²) in [4.78, 5) is 39.8. The van der Waals surface area contributed by atoms with Gasteiger partial charge in [-0.1, -0.05) is 6.07 Å². The number of hydrogen-bond acceptors (Lipinski definition) is 8. The highest BCUT2D eigenvalue weighted by Crippen LogP contribution is 2.30. The number of nitrogens with zero attached hydrogens (tertiary/aromatic N) is 2. The van der Waals surface area contributed by atoms with Crippen LogP contribution < -0.4 is 35.5 Å². The van der Waals surface area contributed by atoms with Gasteiger partial charge in [0.05, 0.1) is 52.0 Å². The average molecular weight is 528 g/mol. The first-order valence-electron chi connectivity index (χ1n) is 12.4. The van der Waals surface area contributed by atoms with Gasteiger partial charge in [0.2, 0.25) is 5.91 Å². The van der Waals surface area contributed by atoms with Crippen molar-refractivity contribution >= 4 is 16.8 Å². The summed E-state index contributed by atoms with van der Waals surface area (Å²) in [7, 11) is 6.06. The van der Waals surface area contributed by atoms with E-state index in [0.29, 0.717) is 42.6 Å². The van der Waals surface area contributed by atoms with E-state index >= 15 is 0 Å². The number of fused-ring (bicyclic) bond motifs is 1. The van der Waals surface area contributed by atoms with E-state index in [-0.39, 0.29) is 36.0 Å². The van der Waals surface area contributed by atoms with Gasteiger partial charge in [-0.2, -0.15) is 0 Å². The first-order valence-corrected chi connectivity index (χ1v) is 12.4. The van der Waals surface area contributed by atoms with Crippen molar-refractivity contribution in [3.63, 3.8) is 0 Å². The minimum absolute atomic E-state index is 0.114. The molecule has 0 aliphatic carbocycles. The number of benzene rings is 2. The Hall–Kier alpha value is -3.99. The van der Waals surface area contributed by atoms with Gasteiger partial charge in [0.1, 0.15) is 6.54 Å². The van der Waals surface area contributed by atoms with Crippen molar-refractivity contribution in [2.45, 2.75) is 38.5 Å². The first kappa shape index (κ1) is 27.1. The van der Waals surface area contributed by atoms with Crippen LogP contribution in [0, 0.1) is 0 Å². The molecule has 204 valence electrons. The van der Waals surface area contributed by atoms with Crippen LogP contribution in [0.1, 0.15) is 18.4 Å². The molecule has 1 aliphatic heterocycles. The van der Waals surface area contributed by atoms with Crippen molar-refractivity contribution in [2.75, 3.05) is 41.6 Å². The molecule has 1 N–H and O–H groups in total. The van der Waals surface area contributed by atoms with Crippen LogP contribution in [0.3, 0.4) is 0 Å². The summed E-state index contributed by atoms with van der Waals surface area (Å²) in [5.41, 5.74) is 0.190. The van der Waals surface area contributed by atoms with Crippen LogP contribution in [0.15, 0.2) is 39.9 Å². The molecule has 1 saturated heterocycles. The SMILES string of the molecule is COc1ccc(CCNC(=O)Cn2c(=O)n(C[C@@H]3CCCO3)c(=O)c3cc(OC)c(OC)cc32)cc1OC. The molecule has 3 aromatic rings. The molecule has 1 amide bonds. The van der Waals surface area contributed by atoms with Crippen LogP contribution >= 0.6 is 0 Å². The van der Waals surface area contributed by atoms with Gasteiger partial charge in [-0.25, -0.2) is 4.79 Å². The number of hydrogen-bond donors (Lipinski definition) is 1. The summed E-state index contributed by atoms with van der Waals surface area (Å²) in [6, 6.07) is 8.63. The van der Waals surface area contributed by atoms with Crippen LogP contribution in [0.25, 0.3) is 10.9 Å². The maximum Gasteiger partial charge on any atom is 0.332 e. The Bertz CT molecular complexity index is 1420. The number of carbonyl (C=O) groups is 1. The smallest absolute Gasteiger partial charge is 0.332 e. The number of rotatable bonds is 11. The fourth-order valence-corrected chi connectivity index (χ4v) is 4.63. The van der Waals surface area contributed by atoms with E-state index in [2.05, 4.69) is 5.32 Å². The molecule has 1 aliphatic rings. The summed E-state index contributed by atoms with van der Waals surface area (Å²) in [6.07, 6.45) is 1.94. The average Bonchev–Trinajstić information content (AvgIpc) is 3.45. The molecule has 4 rings (SSSR count). The van der Waals surface area contributed by atoms with E-state index < -0.39 is 11.2 Å². The molecule has 38 heavy (non-hydrogen) atoms. The Balaban J connectivity index is 1.61. The Kier molecular flexibility index (Phi) is 8.57. The van der Waals surface area contributed by atoms with Gasteiger partial charge in [0.25, 0.3) is 5.56 Å². The summed E-state index contributed by atoms with van der Waals surface area (Å²) in [5.74, 6) is 1.55. The second kappa shape index (κ2) is 12.0. The number of ether oxygens (including phenoxy) is 5. The van der Waals surface area contributed by atoms with E-state index in [0.717, 1.165) is 23.0 Å². The minimum Gasteiger partial charge on any atom is -0.493 e. The van der Waals surface area contributed by atoms with Gasteiger partial charge in [-0.3, -0.25) is 18.7 Å². The molecule has 2 aromatic carbocycles. The zero-order valence-corrected chi connectivity index (χ0v) is 22.1. The van der Waals surface area contributed by atoms with E-state index in [9.17, 15) is 14.4 Å².